The van der Waals surface area contributed by atoms with Gasteiger partial charge in [0.2, 0.25) is 0 Å². The van der Waals surface area contributed by atoms with E-state index in [1.807, 2.05) is 92.0 Å². The van der Waals surface area contributed by atoms with Crippen molar-refractivity contribution in [2.24, 2.45) is 0 Å². The lowest BCUT2D eigenvalue weighted by Crippen LogP contribution is -2.12. The van der Waals surface area contributed by atoms with Crippen molar-refractivity contribution < 1.29 is 14.3 Å². The standard InChI is InChI=1S/C27H23NO3S/c1-17-13-21(23(14-18(17)2)30-15-19-9-5-3-6-10-19)24(29)26-25(31-26)22-16-32-27(28-22)20-11-7-4-8-12-20/h3-14,16,25-26H,15H2,1-2H3/t25-,26-/m1/s1. The highest BCUT2D eigenvalue weighted by Crippen LogP contribution is 2.43. The van der Waals surface area contributed by atoms with Crippen molar-refractivity contribution in [3.05, 3.63) is 106 Å². The molecular formula is C27H23NO3S. The third kappa shape index (κ3) is 4.22. The van der Waals surface area contributed by atoms with Crippen LogP contribution in [0.1, 0.15) is 38.8 Å². The lowest BCUT2D eigenvalue weighted by molar-refractivity contribution is 0.0949. The van der Waals surface area contributed by atoms with E-state index in [0.29, 0.717) is 17.9 Å². The predicted molar refractivity (Wildman–Crippen MR) is 126 cm³/mol. The third-order valence-corrected chi connectivity index (χ3v) is 6.59. The minimum atomic E-state index is -0.526. The Morgan fingerprint density at radius 3 is 2.44 bits per heavy atom. The molecule has 0 N–H and O–H groups in total. The topological polar surface area (TPSA) is 51.7 Å². The van der Waals surface area contributed by atoms with E-state index in [0.717, 1.165) is 33.0 Å². The number of Topliss-reactive ketones (excluding diaryl/α,β-unsaturated/α-hetero) is 1. The summed E-state index contributed by atoms with van der Waals surface area (Å²) in [5.74, 6) is 0.537. The molecule has 0 unspecified atom stereocenters. The fraction of sp³-hybridized carbons (Fsp3) is 0.185. The molecule has 0 saturated carbocycles. The molecule has 4 aromatic rings. The van der Waals surface area contributed by atoms with Crippen LogP contribution in [-0.4, -0.2) is 16.9 Å². The highest BCUT2D eigenvalue weighted by atomic mass is 32.1. The molecule has 0 bridgehead atoms. The molecule has 2 atom stereocenters. The number of ketones is 1. The number of thiazole rings is 1. The molecule has 3 aromatic carbocycles. The summed E-state index contributed by atoms with van der Waals surface area (Å²) in [7, 11) is 0. The number of hydrogen-bond donors (Lipinski definition) is 0. The smallest absolute Gasteiger partial charge is 0.198 e. The first-order valence-corrected chi connectivity index (χ1v) is 11.5. The van der Waals surface area contributed by atoms with E-state index < -0.39 is 6.10 Å². The molecule has 0 aliphatic carbocycles. The SMILES string of the molecule is Cc1cc(OCc2ccccc2)c(C(=O)[C@H]2O[C@@H]2c2csc(-c3ccccc3)n2)cc1C. The quantitative estimate of drug-likeness (QED) is 0.248. The van der Waals surface area contributed by atoms with Gasteiger partial charge in [-0.2, -0.15) is 0 Å². The van der Waals surface area contributed by atoms with Crippen LogP contribution in [0.3, 0.4) is 0 Å². The van der Waals surface area contributed by atoms with Crippen molar-refractivity contribution in [3.8, 4) is 16.3 Å². The van der Waals surface area contributed by atoms with E-state index in [2.05, 4.69) is 0 Å². The molecule has 160 valence electrons. The van der Waals surface area contributed by atoms with Gasteiger partial charge in [-0.1, -0.05) is 60.7 Å². The number of hydrogen-bond acceptors (Lipinski definition) is 5. The average Bonchev–Trinajstić information content (AvgIpc) is 3.48. The first-order chi connectivity index (χ1) is 15.6. The van der Waals surface area contributed by atoms with Crippen LogP contribution in [0.25, 0.3) is 10.6 Å². The van der Waals surface area contributed by atoms with Gasteiger partial charge in [0.25, 0.3) is 0 Å². The number of epoxide rings is 1. The summed E-state index contributed by atoms with van der Waals surface area (Å²) in [6.07, 6.45) is -0.832. The summed E-state index contributed by atoms with van der Waals surface area (Å²) in [6, 6.07) is 23.8. The Morgan fingerprint density at radius 2 is 1.69 bits per heavy atom. The van der Waals surface area contributed by atoms with Gasteiger partial charge in [0.05, 0.1) is 11.3 Å². The molecule has 0 spiro atoms. The zero-order chi connectivity index (χ0) is 22.1. The maximum Gasteiger partial charge on any atom is 0.198 e. The van der Waals surface area contributed by atoms with Crippen molar-refractivity contribution in [1.29, 1.82) is 0 Å². The van der Waals surface area contributed by atoms with Gasteiger partial charge >= 0.3 is 0 Å². The van der Waals surface area contributed by atoms with Crippen LogP contribution in [-0.2, 0) is 11.3 Å². The first-order valence-electron chi connectivity index (χ1n) is 10.6. The highest BCUT2D eigenvalue weighted by Gasteiger charge is 2.48. The molecule has 1 saturated heterocycles. The number of aryl methyl sites for hydroxylation is 2. The fourth-order valence-corrected chi connectivity index (χ4v) is 4.51. The normalized spacial score (nSPS) is 17.2. The second-order valence-electron chi connectivity index (χ2n) is 7.99. The summed E-state index contributed by atoms with van der Waals surface area (Å²) in [5, 5.41) is 2.91. The summed E-state index contributed by atoms with van der Waals surface area (Å²) in [6.45, 7) is 4.44. The van der Waals surface area contributed by atoms with Crippen LogP contribution in [0.2, 0.25) is 0 Å². The summed E-state index contributed by atoms with van der Waals surface area (Å²) >= 11 is 1.57. The molecule has 1 fully saturated rings. The van der Waals surface area contributed by atoms with E-state index in [4.69, 9.17) is 14.5 Å². The van der Waals surface area contributed by atoms with Crippen LogP contribution >= 0.6 is 11.3 Å². The van der Waals surface area contributed by atoms with Gasteiger partial charge in [0.15, 0.2) is 11.9 Å². The van der Waals surface area contributed by atoms with Crippen LogP contribution in [0.15, 0.2) is 78.2 Å². The van der Waals surface area contributed by atoms with E-state index in [1.54, 1.807) is 11.3 Å². The number of ether oxygens (including phenoxy) is 2. The van der Waals surface area contributed by atoms with E-state index in [1.165, 1.54) is 0 Å². The van der Waals surface area contributed by atoms with Crippen LogP contribution in [0.4, 0.5) is 0 Å². The van der Waals surface area contributed by atoms with Gasteiger partial charge in [0.1, 0.15) is 23.5 Å². The van der Waals surface area contributed by atoms with Crippen molar-refractivity contribution in [2.45, 2.75) is 32.7 Å². The largest absolute Gasteiger partial charge is 0.488 e. The zero-order valence-electron chi connectivity index (χ0n) is 17.9. The molecule has 5 heteroatoms. The maximum absolute atomic E-state index is 13.3. The minimum absolute atomic E-state index is 0.0598. The van der Waals surface area contributed by atoms with Gasteiger partial charge in [-0.25, -0.2) is 4.98 Å². The Bertz CT molecular complexity index is 1250. The van der Waals surface area contributed by atoms with Crippen molar-refractivity contribution >= 4 is 17.1 Å². The molecule has 32 heavy (non-hydrogen) atoms. The Hall–Kier alpha value is -3.28. The Kier molecular flexibility index (Phi) is 5.60. The van der Waals surface area contributed by atoms with E-state index >= 15 is 0 Å². The lowest BCUT2D eigenvalue weighted by Gasteiger charge is -2.13. The summed E-state index contributed by atoms with van der Waals surface area (Å²) in [5.41, 5.74) is 5.64. The maximum atomic E-state index is 13.3. The molecule has 0 radical (unpaired) electrons. The monoisotopic (exact) mass is 441 g/mol. The fourth-order valence-electron chi connectivity index (χ4n) is 3.66. The number of aromatic nitrogens is 1. The van der Waals surface area contributed by atoms with Crippen molar-refractivity contribution in [3.63, 3.8) is 0 Å². The summed E-state index contributed by atoms with van der Waals surface area (Å²) in [4.78, 5) is 18.0. The van der Waals surface area contributed by atoms with Crippen LogP contribution < -0.4 is 4.74 Å². The zero-order valence-corrected chi connectivity index (χ0v) is 18.8. The highest BCUT2D eigenvalue weighted by molar-refractivity contribution is 7.13. The van der Waals surface area contributed by atoms with Gasteiger partial charge in [-0.05, 0) is 42.7 Å². The van der Waals surface area contributed by atoms with E-state index in [-0.39, 0.29) is 11.9 Å². The second kappa shape index (κ2) is 8.69. The third-order valence-electron chi connectivity index (χ3n) is 5.68. The van der Waals surface area contributed by atoms with Crippen LogP contribution in [0, 0.1) is 13.8 Å². The first kappa shape index (κ1) is 20.6. The Balaban J connectivity index is 1.35. The molecule has 5 rings (SSSR count). The number of nitrogens with zero attached hydrogens (tertiary/aromatic N) is 1. The number of carbonyl (C=O) groups is 1. The number of rotatable bonds is 7. The van der Waals surface area contributed by atoms with Crippen molar-refractivity contribution in [1.82, 2.24) is 4.98 Å². The lowest BCUT2D eigenvalue weighted by atomic mass is 9.99. The molecule has 0 amide bonds. The minimum Gasteiger partial charge on any atom is -0.488 e. The molecule has 1 aliphatic heterocycles. The van der Waals surface area contributed by atoms with Crippen molar-refractivity contribution in [2.75, 3.05) is 0 Å². The van der Waals surface area contributed by atoms with Gasteiger partial charge in [0, 0.05) is 10.9 Å². The Labute approximate surface area is 191 Å². The molecule has 4 nitrogen and oxygen atoms in total. The molecular weight excluding hydrogens is 418 g/mol. The van der Waals surface area contributed by atoms with Gasteiger partial charge in [-0.15, -0.1) is 11.3 Å². The molecule has 1 aromatic heterocycles. The number of carbonyl (C=O) groups excluding carboxylic acids is 1. The summed E-state index contributed by atoms with van der Waals surface area (Å²) < 4.78 is 11.9. The van der Waals surface area contributed by atoms with E-state index in [9.17, 15) is 4.79 Å². The number of benzene rings is 3. The predicted octanol–water partition coefficient (Wildman–Crippen LogP) is 6.33. The Morgan fingerprint density at radius 1 is 1.00 bits per heavy atom. The average molecular weight is 442 g/mol. The second-order valence-corrected chi connectivity index (χ2v) is 8.85. The van der Waals surface area contributed by atoms with Gasteiger partial charge < -0.3 is 9.47 Å². The molecule has 2 heterocycles. The molecule has 1 aliphatic rings. The van der Waals surface area contributed by atoms with Crippen LogP contribution in [0.5, 0.6) is 5.75 Å². The van der Waals surface area contributed by atoms with Gasteiger partial charge in [-0.3, -0.25) is 4.79 Å².